The number of aromatic nitrogens is 2. The van der Waals surface area contributed by atoms with Crippen molar-refractivity contribution in [2.24, 2.45) is 0 Å². The van der Waals surface area contributed by atoms with Crippen LogP contribution in [-0.2, 0) is 9.53 Å². The van der Waals surface area contributed by atoms with Gasteiger partial charge in [-0.15, -0.1) is 0 Å². The van der Waals surface area contributed by atoms with Crippen LogP contribution in [0.15, 0.2) is 58.5 Å². The van der Waals surface area contributed by atoms with Crippen LogP contribution < -0.4 is 10.3 Å². The van der Waals surface area contributed by atoms with E-state index in [2.05, 4.69) is 4.98 Å². The van der Waals surface area contributed by atoms with Crippen molar-refractivity contribution in [2.45, 2.75) is 24.3 Å². The lowest BCUT2D eigenvalue weighted by Crippen LogP contribution is -2.24. The van der Waals surface area contributed by atoms with Crippen LogP contribution in [0.25, 0.3) is 16.6 Å². The Balaban J connectivity index is 2.22. The number of benzene rings is 2. The molecule has 1 aromatic heterocycles. The zero-order valence-electron chi connectivity index (χ0n) is 15.3. The topological polar surface area (TPSA) is 70.4 Å². The molecule has 6 nitrogen and oxygen atoms in total. The first-order valence-electron chi connectivity index (χ1n) is 8.55. The fourth-order valence-corrected chi connectivity index (χ4v) is 3.60. The third kappa shape index (κ3) is 3.83. The quantitative estimate of drug-likeness (QED) is 0.368. The predicted molar refractivity (Wildman–Crippen MR) is 106 cm³/mol. The van der Waals surface area contributed by atoms with E-state index in [9.17, 15) is 9.59 Å². The molecular formula is C20H20N2O4S. The molecule has 0 N–H and O–H groups in total. The Morgan fingerprint density at radius 3 is 2.63 bits per heavy atom. The predicted octanol–water partition coefficient (Wildman–Crippen LogP) is 3.44. The van der Waals surface area contributed by atoms with Gasteiger partial charge in [-0.05, 0) is 38.1 Å². The van der Waals surface area contributed by atoms with E-state index < -0.39 is 5.25 Å². The summed E-state index contributed by atoms with van der Waals surface area (Å²) in [5.41, 5.74) is 0.928. The van der Waals surface area contributed by atoms with Crippen molar-refractivity contribution in [2.75, 3.05) is 13.7 Å². The molecule has 0 saturated heterocycles. The number of hydrogen-bond donors (Lipinski definition) is 0. The van der Waals surface area contributed by atoms with Crippen molar-refractivity contribution >= 4 is 28.6 Å². The van der Waals surface area contributed by atoms with Crippen LogP contribution in [0.4, 0.5) is 0 Å². The molecule has 0 spiro atoms. The smallest absolute Gasteiger partial charge is 0.319 e. The molecule has 0 aliphatic heterocycles. The fourth-order valence-electron chi connectivity index (χ4n) is 2.68. The van der Waals surface area contributed by atoms with Gasteiger partial charge in [-0.1, -0.05) is 36.0 Å². The van der Waals surface area contributed by atoms with Gasteiger partial charge < -0.3 is 9.47 Å². The number of fused-ring (bicyclic) bond motifs is 1. The molecule has 0 aliphatic rings. The number of para-hydroxylation sites is 3. The number of rotatable bonds is 6. The van der Waals surface area contributed by atoms with E-state index in [4.69, 9.17) is 9.47 Å². The number of carbonyl (C=O) groups is 1. The molecule has 0 saturated carbocycles. The minimum atomic E-state index is -0.515. The Hall–Kier alpha value is -2.80. The van der Waals surface area contributed by atoms with E-state index in [0.29, 0.717) is 34.1 Å². The summed E-state index contributed by atoms with van der Waals surface area (Å²) in [5.74, 6) is 0.193. The van der Waals surface area contributed by atoms with Crippen LogP contribution in [0.2, 0.25) is 0 Å². The highest BCUT2D eigenvalue weighted by atomic mass is 32.2. The lowest BCUT2D eigenvalue weighted by Gasteiger charge is -2.17. The summed E-state index contributed by atoms with van der Waals surface area (Å²) in [5, 5.41) is 0.388. The normalized spacial score (nSPS) is 12.0. The summed E-state index contributed by atoms with van der Waals surface area (Å²) in [6.45, 7) is 3.79. The number of methoxy groups -OCH3 is 1. The lowest BCUT2D eigenvalue weighted by atomic mass is 10.2. The SMILES string of the molecule is CCOC(=O)[C@H](C)Sc1nc2ccccc2c(=O)n1-c1ccccc1OC. The molecule has 7 heteroatoms. The molecule has 3 aromatic rings. The first-order valence-corrected chi connectivity index (χ1v) is 9.43. The number of thioether (sulfide) groups is 1. The average Bonchev–Trinajstić information content (AvgIpc) is 2.68. The highest BCUT2D eigenvalue weighted by Crippen LogP contribution is 2.29. The molecule has 0 bridgehead atoms. The van der Waals surface area contributed by atoms with E-state index >= 15 is 0 Å². The molecular weight excluding hydrogens is 364 g/mol. The fraction of sp³-hybridized carbons (Fsp3) is 0.250. The van der Waals surface area contributed by atoms with E-state index in [1.54, 1.807) is 51.3 Å². The maximum absolute atomic E-state index is 13.2. The number of carbonyl (C=O) groups excluding carboxylic acids is 1. The summed E-state index contributed by atoms with van der Waals surface area (Å²) in [7, 11) is 1.55. The molecule has 27 heavy (non-hydrogen) atoms. The molecule has 0 aliphatic carbocycles. The number of hydrogen-bond acceptors (Lipinski definition) is 6. The second kappa shape index (κ2) is 8.26. The highest BCUT2D eigenvalue weighted by Gasteiger charge is 2.22. The molecule has 140 valence electrons. The van der Waals surface area contributed by atoms with Gasteiger partial charge in [0.2, 0.25) is 0 Å². The first-order chi connectivity index (χ1) is 13.1. The van der Waals surface area contributed by atoms with Crippen molar-refractivity contribution in [3.8, 4) is 11.4 Å². The number of esters is 1. The molecule has 0 unspecified atom stereocenters. The molecule has 1 heterocycles. The standard InChI is InChI=1S/C20H20N2O4S/c1-4-26-19(24)13(2)27-20-21-15-10-6-5-9-14(15)18(23)22(20)16-11-7-8-12-17(16)25-3/h5-13H,4H2,1-3H3/t13-/m0/s1. The highest BCUT2D eigenvalue weighted by molar-refractivity contribution is 8.00. The van der Waals surface area contributed by atoms with Gasteiger partial charge in [-0.2, -0.15) is 0 Å². The van der Waals surface area contributed by atoms with Crippen LogP contribution in [0.3, 0.4) is 0 Å². The summed E-state index contributed by atoms with van der Waals surface area (Å²) in [4.78, 5) is 29.9. The molecule has 2 aromatic carbocycles. The van der Waals surface area contributed by atoms with Crippen LogP contribution >= 0.6 is 11.8 Å². The average molecular weight is 384 g/mol. The second-order valence-electron chi connectivity index (χ2n) is 5.74. The van der Waals surface area contributed by atoms with Gasteiger partial charge >= 0.3 is 5.97 Å². The summed E-state index contributed by atoms with van der Waals surface area (Å²) >= 11 is 1.18. The van der Waals surface area contributed by atoms with Crippen LogP contribution in [0.5, 0.6) is 5.75 Å². The molecule has 0 radical (unpaired) electrons. The van der Waals surface area contributed by atoms with Gasteiger partial charge in [0.15, 0.2) is 5.16 Å². The van der Waals surface area contributed by atoms with Crippen molar-refractivity contribution in [3.05, 3.63) is 58.9 Å². The van der Waals surface area contributed by atoms with Crippen LogP contribution in [0, 0.1) is 0 Å². The summed E-state index contributed by atoms with van der Waals surface area (Å²) in [6, 6.07) is 14.4. The van der Waals surface area contributed by atoms with E-state index in [1.807, 2.05) is 18.2 Å². The van der Waals surface area contributed by atoms with Gasteiger partial charge in [0.25, 0.3) is 5.56 Å². The van der Waals surface area contributed by atoms with E-state index in [0.717, 1.165) is 0 Å². The van der Waals surface area contributed by atoms with Gasteiger partial charge in [0.1, 0.15) is 11.0 Å². The van der Waals surface area contributed by atoms with Crippen molar-refractivity contribution in [3.63, 3.8) is 0 Å². The zero-order valence-corrected chi connectivity index (χ0v) is 16.2. The Bertz CT molecular complexity index is 1030. The minimum absolute atomic E-state index is 0.219. The summed E-state index contributed by atoms with van der Waals surface area (Å²) < 4.78 is 12.0. The zero-order chi connectivity index (χ0) is 19.4. The van der Waals surface area contributed by atoms with Crippen LogP contribution in [-0.4, -0.2) is 34.5 Å². The van der Waals surface area contributed by atoms with E-state index in [-0.39, 0.29) is 11.5 Å². The van der Waals surface area contributed by atoms with Gasteiger partial charge in [-0.3, -0.25) is 14.2 Å². The van der Waals surface area contributed by atoms with Crippen molar-refractivity contribution in [1.82, 2.24) is 9.55 Å². The van der Waals surface area contributed by atoms with Gasteiger partial charge in [0.05, 0.1) is 30.3 Å². The monoisotopic (exact) mass is 384 g/mol. The van der Waals surface area contributed by atoms with Gasteiger partial charge in [-0.25, -0.2) is 4.98 Å². The maximum atomic E-state index is 13.2. The van der Waals surface area contributed by atoms with E-state index in [1.165, 1.54) is 16.3 Å². The first kappa shape index (κ1) is 19.0. The van der Waals surface area contributed by atoms with Crippen LogP contribution in [0.1, 0.15) is 13.8 Å². The van der Waals surface area contributed by atoms with Crippen molar-refractivity contribution < 1.29 is 14.3 Å². The Morgan fingerprint density at radius 1 is 1.19 bits per heavy atom. The Kier molecular flexibility index (Phi) is 5.81. The Morgan fingerprint density at radius 2 is 1.89 bits per heavy atom. The largest absolute Gasteiger partial charge is 0.495 e. The maximum Gasteiger partial charge on any atom is 0.319 e. The summed E-state index contributed by atoms with van der Waals surface area (Å²) in [6.07, 6.45) is 0. The number of ether oxygens (including phenoxy) is 2. The third-order valence-electron chi connectivity index (χ3n) is 3.97. The minimum Gasteiger partial charge on any atom is -0.495 e. The molecule has 1 atom stereocenters. The second-order valence-corrected chi connectivity index (χ2v) is 7.04. The molecule has 0 amide bonds. The Labute approximate surface area is 161 Å². The molecule has 3 rings (SSSR count). The molecule has 0 fully saturated rings. The third-order valence-corrected chi connectivity index (χ3v) is 5.00. The lowest BCUT2D eigenvalue weighted by molar-refractivity contribution is -0.142. The van der Waals surface area contributed by atoms with Gasteiger partial charge in [0, 0.05) is 0 Å². The van der Waals surface area contributed by atoms with Crippen molar-refractivity contribution in [1.29, 1.82) is 0 Å². The number of nitrogens with zero attached hydrogens (tertiary/aromatic N) is 2.